The lowest BCUT2D eigenvalue weighted by molar-refractivity contribution is 0.0950. The molecule has 0 spiro atoms. The number of halogens is 2. The zero-order valence-corrected chi connectivity index (χ0v) is 13.7. The number of aromatic nitrogens is 1. The Morgan fingerprint density at radius 3 is 2.79 bits per heavy atom. The molecule has 1 aliphatic rings. The Bertz CT molecular complexity index is 930. The van der Waals surface area contributed by atoms with E-state index in [-0.39, 0.29) is 17.1 Å². The lowest BCUT2D eigenvalue weighted by Gasteiger charge is -2.16. The number of carbonyl (C=O) groups is 1. The Kier molecular flexibility index (Phi) is 3.57. The first-order valence-electron chi connectivity index (χ1n) is 7.89. The standard InChI is InChI=1S/C19H16ClFN2O/c20-16-4-2-1-3-13(16)18(24)23-11-19(7-8-19)15-10-22-17-6-5-12(21)9-14(15)17/h1-6,9-10,22H,7-8,11H2,(H,23,24). The molecule has 1 saturated carbocycles. The third kappa shape index (κ3) is 2.57. The van der Waals surface area contributed by atoms with E-state index in [0.717, 1.165) is 29.3 Å². The molecule has 0 radical (unpaired) electrons. The van der Waals surface area contributed by atoms with Crippen LogP contribution in [0.1, 0.15) is 28.8 Å². The fraction of sp³-hybridized carbons (Fsp3) is 0.211. The number of carbonyl (C=O) groups excluding carboxylic acids is 1. The van der Waals surface area contributed by atoms with Crippen LogP contribution in [0.15, 0.2) is 48.7 Å². The summed E-state index contributed by atoms with van der Waals surface area (Å²) in [5.41, 5.74) is 2.33. The van der Waals surface area contributed by atoms with Crippen LogP contribution in [0.3, 0.4) is 0 Å². The molecule has 4 rings (SSSR count). The number of nitrogens with one attached hydrogen (secondary N) is 2. The molecule has 5 heteroatoms. The summed E-state index contributed by atoms with van der Waals surface area (Å²) in [7, 11) is 0. The molecule has 3 nitrogen and oxygen atoms in total. The van der Waals surface area contributed by atoms with Gasteiger partial charge in [-0.1, -0.05) is 23.7 Å². The number of rotatable bonds is 4. The Morgan fingerprint density at radius 1 is 1.25 bits per heavy atom. The molecule has 24 heavy (non-hydrogen) atoms. The summed E-state index contributed by atoms with van der Waals surface area (Å²) >= 11 is 6.07. The van der Waals surface area contributed by atoms with Gasteiger partial charge in [-0.3, -0.25) is 4.79 Å². The highest BCUT2D eigenvalue weighted by molar-refractivity contribution is 6.33. The van der Waals surface area contributed by atoms with Gasteiger partial charge >= 0.3 is 0 Å². The van der Waals surface area contributed by atoms with Crippen LogP contribution in [-0.4, -0.2) is 17.4 Å². The Hall–Kier alpha value is -2.33. The fourth-order valence-electron chi connectivity index (χ4n) is 3.21. The van der Waals surface area contributed by atoms with Gasteiger partial charge in [0.1, 0.15) is 5.82 Å². The van der Waals surface area contributed by atoms with Gasteiger partial charge in [0.15, 0.2) is 0 Å². The minimum absolute atomic E-state index is 0.122. The van der Waals surface area contributed by atoms with Crippen LogP contribution in [0.2, 0.25) is 5.02 Å². The number of fused-ring (bicyclic) bond motifs is 1. The number of benzene rings is 2. The predicted molar refractivity (Wildman–Crippen MR) is 93.0 cm³/mol. The average Bonchev–Trinajstić information content (AvgIpc) is 3.25. The van der Waals surface area contributed by atoms with Crippen LogP contribution in [0.4, 0.5) is 4.39 Å². The van der Waals surface area contributed by atoms with Crippen LogP contribution in [-0.2, 0) is 5.41 Å². The van der Waals surface area contributed by atoms with E-state index in [1.807, 2.05) is 6.20 Å². The summed E-state index contributed by atoms with van der Waals surface area (Å²) in [6.45, 7) is 0.514. The van der Waals surface area contributed by atoms with Gasteiger partial charge in [-0.25, -0.2) is 4.39 Å². The quantitative estimate of drug-likeness (QED) is 0.724. The molecular formula is C19H16ClFN2O. The van der Waals surface area contributed by atoms with Crippen molar-refractivity contribution in [3.8, 4) is 0 Å². The summed E-state index contributed by atoms with van der Waals surface area (Å²) in [5, 5.41) is 4.31. The molecular weight excluding hydrogens is 327 g/mol. The molecule has 2 N–H and O–H groups in total. The molecule has 1 amide bonds. The molecule has 1 aromatic heterocycles. The minimum Gasteiger partial charge on any atom is -0.361 e. The molecule has 122 valence electrons. The second kappa shape index (κ2) is 5.64. The van der Waals surface area contributed by atoms with Crippen molar-refractivity contribution in [1.82, 2.24) is 10.3 Å². The number of hydrogen-bond donors (Lipinski definition) is 2. The van der Waals surface area contributed by atoms with Gasteiger partial charge < -0.3 is 10.3 Å². The summed E-state index contributed by atoms with van der Waals surface area (Å²) in [4.78, 5) is 15.6. The van der Waals surface area contributed by atoms with Crippen LogP contribution in [0.25, 0.3) is 10.9 Å². The van der Waals surface area contributed by atoms with Gasteiger partial charge in [0.25, 0.3) is 5.91 Å². The maximum absolute atomic E-state index is 13.6. The normalized spacial score (nSPS) is 15.4. The van der Waals surface area contributed by atoms with Crippen LogP contribution in [0, 0.1) is 5.82 Å². The van der Waals surface area contributed by atoms with E-state index in [2.05, 4.69) is 10.3 Å². The third-order valence-corrected chi connectivity index (χ3v) is 5.10. The molecule has 0 bridgehead atoms. The Morgan fingerprint density at radius 2 is 2.04 bits per heavy atom. The van der Waals surface area contributed by atoms with Crippen molar-refractivity contribution in [3.63, 3.8) is 0 Å². The second-order valence-corrected chi connectivity index (χ2v) is 6.74. The van der Waals surface area contributed by atoms with Crippen molar-refractivity contribution in [2.75, 3.05) is 6.54 Å². The maximum atomic E-state index is 13.6. The first-order chi connectivity index (χ1) is 11.6. The van der Waals surface area contributed by atoms with Crippen molar-refractivity contribution < 1.29 is 9.18 Å². The first kappa shape index (κ1) is 15.2. The van der Waals surface area contributed by atoms with Gasteiger partial charge in [0, 0.05) is 29.1 Å². The van der Waals surface area contributed by atoms with Crippen molar-refractivity contribution in [1.29, 1.82) is 0 Å². The molecule has 2 aromatic carbocycles. The Labute approximate surface area is 143 Å². The highest BCUT2D eigenvalue weighted by Crippen LogP contribution is 2.50. The van der Waals surface area contributed by atoms with Crippen LogP contribution < -0.4 is 5.32 Å². The summed E-state index contributed by atoms with van der Waals surface area (Å²) in [5.74, 6) is -0.433. The van der Waals surface area contributed by atoms with E-state index in [1.165, 1.54) is 6.07 Å². The van der Waals surface area contributed by atoms with Crippen molar-refractivity contribution in [2.45, 2.75) is 18.3 Å². The van der Waals surface area contributed by atoms with Gasteiger partial charge in [-0.05, 0) is 48.7 Å². The predicted octanol–water partition coefficient (Wildman–Crippen LogP) is 4.42. The zero-order valence-electron chi connectivity index (χ0n) is 12.9. The molecule has 3 aromatic rings. The monoisotopic (exact) mass is 342 g/mol. The molecule has 0 atom stereocenters. The van der Waals surface area contributed by atoms with Crippen molar-refractivity contribution in [3.05, 3.63) is 70.6 Å². The number of H-pyrrole nitrogens is 1. The van der Waals surface area contributed by atoms with E-state index in [4.69, 9.17) is 11.6 Å². The fourth-order valence-corrected chi connectivity index (χ4v) is 3.44. The van der Waals surface area contributed by atoms with Crippen molar-refractivity contribution >= 4 is 28.4 Å². The number of aromatic amines is 1. The molecule has 0 unspecified atom stereocenters. The highest BCUT2D eigenvalue weighted by Gasteiger charge is 2.46. The average molecular weight is 343 g/mol. The summed E-state index contributed by atoms with van der Waals surface area (Å²) < 4.78 is 13.6. The van der Waals surface area contributed by atoms with Crippen LogP contribution >= 0.6 is 11.6 Å². The van der Waals surface area contributed by atoms with Gasteiger partial charge in [-0.2, -0.15) is 0 Å². The second-order valence-electron chi connectivity index (χ2n) is 6.34. The lowest BCUT2D eigenvalue weighted by Crippen LogP contribution is -2.32. The summed E-state index contributed by atoms with van der Waals surface area (Å²) in [6, 6.07) is 11.7. The molecule has 0 saturated heterocycles. The van der Waals surface area contributed by atoms with Crippen molar-refractivity contribution in [2.24, 2.45) is 0 Å². The molecule has 1 aliphatic carbocycles. The maximum Gasteiger partial charge on any atom is 0.252 e. The zero-order chi connectivity index (χ0) is 16.7. The topological polar surface area (TPSA) is 44.9 Å². The van der Waals surface area contributed by atoms with E-state index < -0.39 is 0 Å². The molecule has 1 heterocycles. The van der Waals surface area contributed by atoms with E-state index in [9.17, 15) is 9.18 Å². The molecule has 1 fully saturated rings. The Balaban J connectivity index is 1.57. The van der Waals surface area contributed by atoms with Crippen LogP contribution in [0.5, 0.6) is 0 Å². The van der Waals surface area contributed by atoms with Gasteiger partial charge in [0.2, 0.25) is 0 Å². The lowest BCUT2D eigenvalue weighted by atomic mass is 9.95. The summed E-state index contributed by atoms with van der Waals surface area (Å²) in [6.07, 6.45) is 3.87. The largest absolute Gasteiger partial charge is 0.361 e. The number of amides is 1. The minimum atomic E-state index is -0.251. The van der Waals surface area contributed by atoms with E-state index >= 15 is 0 Å². The van der Waals surface area contributed by atoms with Gasteiger partial charge in [-0.15, -0.1) is 0 Å². The van der Waals surface area contributed by atoms with Gasteiger partial charge in [0.05, 0.1) is 10.6 Å². The van der Waals surface area contributed by atoms with E-state index in [0.29, 0.717) is 17.1 Å². The SMILES string of the molecule is O=C(NCC1(c2c[nH]c3ccc(F)cc23)CC1)c1ccccc1Cl. The number of hydrogen-bond acceptors (Lipinski definition) is 1. The smallest absolute Gasteiger partial charge is 0.252 e. The highest BCUT2D eigenvalue weighted by atomic mass is 35.5. The molecule has 0 aliphatic heterocycles. The third-order valence-electron chi connectivity index (χ3n) is 4.77. The first-order valence-corrected chi connectivity index (χ1v) is 8.27. The van der Waals surface area contributed by atoms with E-state index in [1.54, 1.807) is 36.4 Å².